The number of pyridine rings is 2. The molecule has 0 unspecified atom stereocenters. The molecule has 36 heavy (non-hydrogen) atoms. The number of ether oxygens (including phenoxy) is 2. The van der Waals surface area contributed by atoms with Crippen molar-refractivity contribution in [3.63, 3.8) is 0 Å². The first kappa shape index (κ1) is 35.1. The number of hydrogen-bond acceptors (Lipinski definition) is 6. The minimum absolute atomic E-state index is 0. The van der Waals surface area contributed by atoms with Crippen molar-refractivity contribution in [3.8, 4) is 0 Å². The number of aromatic amines is 1. The van der Waals surface area contributed by atoms with Crippen molar-refractivity contribution >= 4 is 28.1 Å². The monoisotopic (exact) mass is 572 g/mol. The molecule has 10 nitrogen and oxygen atoms in total. The highest BCUT2D eigenvalue weighted by Crippen LogP contribution is 2.06. The van der Waals surface area contributed by atoms with E-state index in [9.17, 15) is 19.2 Å². The van der Waals surface area contributed by atoms with Crippen LogP contribution in [0.4, 0.5) is 9.59 Å². The molecule has 3 N–H and O–H groups in total. The normalized spacial score (nSPS) is 10.2. The molecule has 2 aromatic heterocycles. The maximum Gasteiger partial charge on any atom is 0.407 e. The lowest BCUT2D eigenvalue weighted by Gasteiger charge is -2.19. The fourth-order valence-electron chi connectivity index (χ4n) is 2.08. The third-order valence-corrected chi connectivity index (χ3v) is 3.76. The predicted octanol–water partition coefficient (Wildman–Crippen LogP) is 4.29. The van der Waals surface area contributed by atoms with E-state index in [4.69, 9.17) is 9.47 Å². The van der Waals surface area contributed by atoms with Gasteiger partial charge in [0.25, 0.3) is 5.56 Å². The Morgan fingerprint density at radius 3 is 1.81 bits per heavy atom. The molecule has 204 valence electrons. The minimum Gasteiger partial charge on any atom is -0.444 e. The van der Waals surface area contributed by atoms with Crippen LogP contribution < -0.4 is 21.8 Å². The number of amides is 2. The molecular weight excluding hydrogens is 532 g/mol. The number of hydrogen-bond donors (Lipinski definition) is 3. The third kappa shape index (κ3) is 21.5. The molecule has 0 radical (unpaired) electrons. The second-order valence-corrected chi connectivity index (χ2v) is 9.80. The molecule has 2 amide bonds. The van der Waals surface area contributed by atoms with Gasteiger partial charge in [-0.15, -0.1) is 0 Å². The van der Waals surface area contributed by atoms with Crippen molar-refractivity contribution in [2.24, 2.45) is 0 Å². The Kier molecular flexibility index (Phi) is 17.8. The number of aromatic nitrogens is 2. The van der Waals surface area contributed by atoms with Crippen LogP contribution >= 0.6 is 15.9 Å². The summed E-state index contributed by atoms with van der Waals surface area (Å²) in [5.41, 5.74) is -1.05. The Hall–Kier alpha value is -3.08. The van der Waals surface area contributed by atoms with Crippen LogP contribution in [-0.2, 0) is 16.0 Å². The molecule has 0 bridgehead atoms. The van der Waals surface area contributed by atoms with Crippen LogP contribution in [0.5, 0.6) is 0 Å². The van der Waals surface area contributed by atoms with Gasteiger partial charge in [0.05, 0.1) is 0 Å². The summed E-state index contributed by atoms with van der Waals surface area (Å²) in [6.07, 6.45) is 2.44. The first-order valence-corrected chi connectivity index (χ1v) is 12.1. The Morgan fingerprint density at radius 2 is 1.42 bits per heavy atom. The zero-order valence-electron chi connectivity index (χ0n) is 21.2. The van der Waals surface area contributed by atoms with Gasteiger partial charge in [0.15, 0.2) is 0 Å². The number of carbonyl (C=O) groups excluding carboxylic acids is 2. The number of H-pyrrole nitrogens is 1. The van der Waals surface area contributed by atoms with E-state index >= 15 is 0 Å². The van der Waals surface area contributed by atoms with Crippen molar-refractivity contribution in [2.75, 3.05) is 18.4 Å². The summed E-state index contributed by atoms with van der Waals surface area (Å²) in [6.45, 7) is 12.3. The number of nitrogens with one attached hydrogen (secondary N) is 3. The van der Waals surface area contributed by atoms with E-state index in [1.54, 1.807) is 57.4 Å². The van der Waals surface area contributed by atoms with Crippen LogP contribution in [0.3, 0.4) is 0 Å². The Morgan fingerprint density at radius 1 is 0.889 bits per heavy atom. The second-order valence-electron chi connectivity index (χ2n) is 9.01. The molecular formula is C25H41BrN4O6. The van der Waals surface area contributed by atoms with Crippen LogP contribution in [0.1, 0.15) is 49.0 Å². The summed E-state index contributed by atoms with van der Waals surface area (Å²) >= 11 is 3.19. The topological polar surface area (TPSA) is 132 Å². The second kappa shape index (κ2) is 18.2. The van der Waals surface area contributed by atoms with E-state index in [-0.39, 0.29) is 24.6 Å². The highest BCUT2D eigenvalue weighted by Gasteiger charge is 2.16. The third-order valence-electron chi connectivity index (χ3n) is 3.36. The maximum atomic E-state index is 11.3. The molecule has 0 fully saturated rings. The van der Waals surface area contributed by atoms with E-state index in [2.05, 4.69) is 31.5 Å². The van der Waals surface area contributed by atoms with Crippen molar-refractivity contribution in [3.05, 3.63) is 69.5 Å². The zero-order chi connectivity index (χ0) is 26.9. The standard InChI is InChI=1S/C12H18N2O3.C7H14BrNO2.C5H5NO.CH4/c1-12(2,3)17-11(16)13-7-9-14-8-5-4-6-10(14)15;1-7(2,3)11-6(10)9-5-4-8;7-5-3-1-2-4-6-5;/h4-6,8H,7,9H2,1-3H3,(H,13,16);4-5H2,1-3H3,(H,9,10);1-4H,(H,6,7);1H4. The zero-order valence-corrected chi connectivity index (χ0v) is 22.8. The molecule has 0 spiro atoms. The van der Waals surface area contributed by atoms with Gasteiger partial charge in [0.2, 0.25) is 5.56 Å². The molecule has 0 atom stereocenters. The average Bonchev–Trinajstić information content (AvgIpc) is 2.73. The van der Waals surface area contributed by atoms with Crippen molar-refractivity contribution in [1.29, 1.82) is 0 Å². The van der Waals surface area contributed by atoms with E-state index < -0.39 is 17.3 Å². The lowest BCUT2D eigenvalue weighted by molar-refractivity contribution is 0.0517. The molecule has 0 saturated carbocycles. The van der Waals surface area contributed by atoms with Crippen molar-refractivity contribution < 1.29 is 19.1 Å². The minimum atomic E-state index is -0.506. The van der Waals surface area contributed by atoms with Crippen LogP contribution in [0.25, 0.3) is 0 Å². The van der Waals surface area contributed by atoms with Gasteiger partial charge in [-0.1, -0.05) is 35.5 Å². The van der Waals surface area contributed by atoms with Crippen LogP contribution in [0.2, 0.25) is 0 Å². The first-order chi connectivity index (χ1) is 16.2. The van der Waals surface area contributed by atoms with Crippen LogP contribution in [0.15, 0.2) is 58.4 Å². The highest BCUT2D eigenvalue weighted by atomic mass is 79.9. The van der Waals surface area contributed by atoms with Gasteiger partial charge in [0, 0.05) is 49.5 Å². The lowest BCUT2D eigenvalue weighted by Crippen LogP contribution is -2.35. The van der Waals surface area contributed by atoms with Gasteiger partial charge < -0.3 is 29.7 Å². The van der Waals surface area contributed by atoms with Gasteiger partial charge in [-0.25, -0.2) is 9.59 Å². The smallest absolute Gasteiger partial charge is 0.407 e. The largest absolute Gasteiger partial charge is 0.444 e. The van der Waals surface area contributed by atoms with Crippen LogP contribution in [0, 0.1) is 0 Å². The first-order valence-electron chi connectivity index (χ1n) is 11.0. The number of nitrogens with zero attached hydrogens (tertiary/aromatic N) is 1. The van der Waals surface area contributed by atoms with Crippen molar-refractivity contribution in [2.45, 2.75) is 66.7 Å². The molecule has 2 heterocycles. The molecule has 0 aliphatic rings. The molecule has 0 aliphatic heterocycles. The van der Waals surface area contributed by atoms with E-state index in [1.807, 2.05) is 20.8 Å². The Labute approximate surface area is 221 Å². The Bertz CT molecular complexity index is 976. The van der Waals surface area contributed by atoms with Gasteiger partial charge in [-0.05, 0) is 53.7 Å². The summed E-state index contributed by atoms with van der Waals surface area (Å²) in [5.74, 6) is 0. The SMILES string of the molecule is C.CC(C)(C)OC(=O)NCCBr.CC(C)(C)OC(=O)NCCn1ccccc1=O.O=c1cccc[nH]1. The molecule has 0 aliphatic carbocycles. The predicted molar refractivity (Wildman–Crippen MR) is 147 cm³/mol. The molecule has 0 aromatic carbocycles. The molecule has 11 heteroatoms. The quantitative estimate of drug-likeness (QED) is 0.458. The number of halogens is 1. The Balaban J connectivity index is 0. The molecule has 0 saturated heterocycles. The number of alkyl halides is 1. The summed E-state index contributed by atoms with van der Waals surface area (Å²) < 4.78 is 11.6. The molecule has 2 rings (SSSR count). The summed E-state index contributed by atoms with van der Waals surface area (Å²) in [5, 5.41) is 5.92. The van der Waals surface area contributed by atoms with E-state index in [1.165, 1.54) is 16.7 Å². The number of rotatable bonds is 5. The molecule has 2 aromatic rings. The fourth-order valence-corrected chi connectivity index (χ4v) is 2.28. The lowest BCUT2D eigenvalue weighted by atomic mass is 10.2. The summed E-state index contributed by atoms with van der Waals surface area (Å²) in [7, 11) is 0. The average molecular weight is 574 g/mol. The van der Waals surface area contributed by atoms with Gasteiger partial charge in [-0.3, -0.25) is 9.59 Å². The highest BCUT2D eigenvalue weighted by molar-refractivity contribution is 9.09. The fraction of sp³-hybridized carbons (Fsp3) is 0.520. The summed E-state index contributed by atoms with van der Waals surface area (Å²) in [4.78, 5) is 46.2. The van der Waals surface area contributed by atoms with Gasteiger partial charge in [0.1, 0.15) is 11.2 Å². The van der Waals surface area contributed by atoms with E-state index in [0.29, 0.717) is 19.6 Å². The number of carbonyl (C=O) groups is 2. The van der Waals surface area contributed by atoms with Crippen molar-refractivity contribution in [1.82, 2.24) is 20.2 Å². The van der Waals surface area contributed by atoms with Gasteiger partial charge in [-0.2, -0.15) is 0 Å². The maximum absolute atomic E-state index is 11.3. The van der Waals surface area contributed by atoms with E-state index in [0.717, 1.165) is 5.33 Å². The number of alkyl carbamates (subject to hydrolysis) is 2. The van der Waals surface area contributed by atoms with Gasteiger partial charge >= 0.3 is 12.2 Å². The van der Waals surface area contributed by atoms with Crippen LogP contribution in [-0.4, -0.2) is 51.4 Å². The summed E-state index contributed by atoms with van der Waals surface area (Å²) in [6, 6.07) is 9.86.